The number of hydrogen-bond donors (Lipinski definition) is 2. The number of benzene rings is 1. The molecule has 8 nitrogen and oxygen atoms in total. The fourth-order valence-electron chi connectivity index (χ4n) is 6.18. The molecule has 6 rings (SSSR count). The number of likely N-dealkylation sites (tertiary alicyclic amines) is 2. The van der Waals surface area contributed by atoms with Crippen LogP contribution in [0.5, 0.6) is 0 Å². The monoisotopic (exact) mass is 436 g/mol. The van der Waals surface area contributed by atoms with Crippen LogP contribution in [0.2, 0.25) is 0 Å². The average molecular weight is 437 g/mol. The number of anilines is 1. The van der Waals surface area contributed by atoms with Crippen LogP contribution in [-0.2, 0) is 14.3 Å². The minimum atomic E-state index is -0.661. The molecule has 0 aliphatic carbocycles. The summed E-state index contributed by atoms with van der Waals surface area (Å²) in [4.78, 5) is 43.1. The van der Waals surface area contributed by atoms with Gasteiger partial charge < -0.3 is 25.2 Å². The van der Waals surface area contributed by atoms with Crippen molar-refractivity contribution in [3.05, 3.63) is 42.0 Å². The number of nitrogens with one attached hydrogen (secondary N) is 2. The smallest absolute Gasteiger partial charge is 0.255 e. The number of fused-ring (bicyclic) bond motifs is 2. The Morgan fingerprint density at radius 3 is 2.66 bits per heavy atom. The topological polar surface area (TPSA) is 91.0 Å². The van der Waals surface area contributed by atoms with Crippen molar-refractivity contribution >= 4 is 23.4 Å². The molecule has 4 atom stereocenters. The van der Waals surface area contributed by atoms with Crippen molar-refractivity contribution in [2.75, 3.05) is 25.0 Å². The van der Waals surface area contributed by atoms with Crippen molar-refractivity contribution in [2.45, 2.75) is 50.1 Å². The van der Waals surface area contributed by atoms with E-state index in [1.807, 2.05) is 54.0 Å². The third kappa shape index (κ3) is 2.62. The normalized spacial score (nSPS) is 34.0. The molecule has 0 radical (unpaired) electrons. The van der Waals surface area contributed by atoms with Crippen LogP contribution in [0, 0.1) is 11.8 Å². The second kappa shape index (κ2) is 6.57. The highest BCUT2D eigenvalue weighted by Crippen LogP contribution is 2.52. The number of nitrogens with zero attached hydrogens (tertiary/aromatic N) is 2. The van der Waals surface area contributed by atoms with Gasteiger partial charge in [0, 0.05) is 37.7 Å². The Morgan fingerprint density at radius 2 is 1.91 bits per heavy atom. The summed E-state index contributed by atoms with van der Waals surface area (Å²) >= 11 is 0. The zero-order valence-corrected chi connectivity index (χ0v) is 18.3. The Labute approximate surface area is 186 Å². The van der Waals surface area contributed by atoms with Gasteiger partial charge in [-0.2, -0.15) is 0 Å². The molecule has 5 aliphatic rings. The molecule has 0 unspecified atom stereocenters. The lowest BCUT2D eigenvalue weighted by Gasteiger charge is -2.46. The van der Waals surface area contributed by atoms with Crippen molar-refractivity contribution < 1.29 is 19.1 Å². The molecule has 8 heteroatoms. The second-order valence-corrected chi connectivity index (χ2v) is 9.99. The van der Waals surface area contributed by atoms with Crippen molar-refractivity contribution in [3.8, 4) is 0 Å². The van der Waals surface area contributed by atoms with Crippen LogP contribution in [0.4, 0.5) is 5.69 Å². The molecule has 0 aromatic heterocycles. The van der Waals surface area contributed by atoms with Gasteiger partial charge in [-0.05, 0) is 26.0 Å². The molecule has 1 aromatic rings. The second-order valence-electron chi connectivity index (χ2n) is 9.99. The van der Waals surface area contributed by atoms with E-state index in [9.17, 15) is 14.4 Å². The van der Waals surface area contributed by atoms with Crippen LogP contribution in [0.25, 0.3) is 0 Å². The summed E-state index contributed by atoms with van der Waals surface area (Å²) in [5.74, 6) is -0.986. The van der Waals surface area contributed by atoms with Gasteiger partial charge in [0.2, 0.25) is 11.8 Å². The van der Waals surface area contributed by atoms with E-state index >= 15 is 0 Å². The molecule has 5 heterocycles. The predicted octanol–water partition coefficient (Wildman–Crippen LogP) is 1.35. The lowest BCUT2D eigenvalue weighted by Crippen LogP contribution is -2.63. The number of carbonyl (C=O) groups is 3. The van der Waals surface area contributed by atoms with Crippen molar-refractivity contribution in [1.82, 2.24) is 15.1 Å². The van der Waals surface area contributed by atoms with E-state index in [2.05, 4.69) is 10.6 Å². The van der Waals surface area contributed by atoms with Gasteiger partial charge in [-0.15, -0.1) is 0 Å². The van der Waals surface area contributed by atoms with Gasteiger partial charge >= 0.3 is 0 Å². The van der Waals surface area contributed by atoms with E-state index in [-0.39, 0.29) is 29.9 Å². The Hall–Kier alpha value is -2.87. The van der Waals surface area contributed by atoms with Gasteiger partial charge in [0.15, 0.2) is 0 Å². The largest absolute Gasteiger partial charge is 0.362 e. The molecule has 2 bridgehead atoms. The third-order valence-electron chi connectivity index (χ3n) is 7.87. The molecule has 3 fully saturated rings. The Kier molecular flexibility index (Phi) is 4.06. The summed E-state index contributed by atoms with van der Waals surface area (Å²) in [5.41, 5.74) is 0.259. The Bertz CT molecular complexity index is 1040. The van der Waals surface area contributed by atoms with Crippen molar-refractivity contribution in [1.29, 1.82) is 0 Å². The minimum absolute atomic E-state index is 0.0115. The SMILES string of the molecule is CC(C)N1C[C@@]23C=C[C@@H](O2)[C@H](C(=O)N2CCC4(CC2)NC(=O)c2ccccc2N4)[C@@H]3C1=O. The van der Waals surface area contributed by atoms with Crippen molar-refractivity contribution in [3.63, 3.8) is 0 Å². The first-order valence-corrected chi connectivity index (χ1v) is 11.5. The summed E-state index contributed by atoms with van der Waals surface area (Å²) in [7, 11) is 0. The van der Waals surface area contributed by atoms with Gasteiger partial charge in [0.25, 0.3) is 5.91 Å². The van der Waals surface area contributed by atoms with E-state index in [0.717, 1.165) is 5.69 Å². The fraction of sp³-hybridized carbons (Fsp3) is 0.542. The van der Waals surface area contributed by atoms with Crippen LogP contribution in [0.15, 0.2) is 36.4 Å². The molecule has 2 spiro atoms. The Balaban J connectivity index is 1.19. The standard InChI is InChI=1S/C24H28N4O4/c1-14(2)28-13-23-8-7-17(32-23)18(19(23)22(28)31)21(30)27-11-9-24(10-12-27)25-16-6-4-3-5-15(16)20(29)26-24/h3-8,14,17-19,25H,9-13H2,1-2H3,(H,26,29)/t17-,18+,19-,23-/m1/s1. The quantitative estimate of drug-likeness (QED) is 0.683. The number of hydrogen-bond acceptors (Lipinski definition) is 5. The number of carbonyl (C=O) groups excluding carboxylic acids is 3. The summed E-state index contributed by atoms with van der Waals surface area (Å²) in [5, 5.41) is 6.61. The summed E-state index contributed by atoms with van der Waals surface area (Å²) in [6.45, 7) is 5.54. The zero-order chi connectivity index (χ0) is 22.3. The van der Waals surface area contributed by atoms with E-state index < -0.39 is 23.1 Å². The minimum Gasteiger partial charge on any atom is -0.362 e. The lowest BCUT2D eigenvalue weighted by atomic mass is 9.76. The highest BCUT2D eigenvalue weighted by Gasteiger charge is 2.67. The number of ether oxygens (including phenoxy) is 1. The highest BCUT2D eigenvalue weighted by molar-refractivity contribution is 6.02. The molecule has 0 saturated carbocycles. The number of rotatable bonds is 2. The van der Waals surface area contributed by atoms with Crippen LogP contribution in [-0.4, -0.2) is 70.6 Å². The van der Waals surface area contributed by atoms with E-state index in [1.54, 1.807) is 6.07 Å². The maximum Gasteiger partial charge on any atom is 0.255 e. The van der Waals surface area contributed by atoms with E-state index in [4.69, 9.17) is 4.74 Å². The summed E-state index contributed by atoms with van der Waals surface area (Å²) in [6.07, 6.45) is 4.84. The lowest BCUT2D eigenvalue weighted by molar-refractivity contribution is -0.144. The first-order valence-electron chi connectivity index (χ1n) is 11.5. The van der Waals surface area contributed by atoms with Crippen LogP contribution >= 0.6 is 0 Å². The van der Waals surface area contributed by atoms with Gasteiger partial charge in [0.05, 0.1) is 30.0 Å². The number of para-hydroxylation sites is 1. The molecule has 3 amide bonds. The summed E-state index contributed by atoms with van der Waals surface area (Å²) < 4.78 is 6.23. The van der Waals surface area contributed by atoms with Crippen LogP contribution < -0.4 is 10.6 Å². The van der Waals surface area contributed by atoms with Gasteiger partial charge in [-0.3, -0.25) is 14.4 Å². The van der Waals surface area contributed by atoms with Crippen LogP contribution in [0.3, 0.4) is 0 Å². The zero-order valence-electron chi connectivity index (χ0n) is 18.3. The molecule has 168 valence electrons. The number of piperidine rings is 1. The molecular formula is C24H28N4O4. The maximum absolute atomic E-state index is 13.6. The highest BCUT2D eigenvalue weighted by atomic mass is 16.5. The molecule has 32 heavy (non-hydrogen) atoms. The molecule has 2 N–H and O–H groups in total. The van der Waals surface area contributed by atoms with Crippen LogP contribution in [0.1, 0.15) is 37.0 Å². The molecule has 1 aromatic carbocycles. The maximum atomic E-state index is 13.6. The van der Waals surface area contributed by atoms with Gasteiger partial charge in [0.1, 0.15) is 11.3 Å². The molecule has 5 aliphatic heterocycles. The number of amides is 3. The third-order valence-corrected chi connectivity index (χ3v) is 7.87. The molecular weight excluding hydrogens is 408 g/mol. The predicted molar refractivity (Wildman–Crippen MR) is 117 cm³/mol. The van der Waals surface area contributed by atoms with Crippen molar-refractivity contribution in [2.24, 2.45) is 11.8 Å². The summed E-state index contributed by atoms with van der Waals surface area (Å²) in [6, 6.07) is 7.56. The average Bonchev–Trinajstić information content (AvgIpc) is 3.42. The van der Waals surface area contributed by atoms with Gasteiger partial charge in [-0.25, -0.2) is 0 Å². The molecule has 3 saturated heterocycles. The fourth-order valence-corrected chi connectivity index (χ4v) is 6.18. The van der Waals surface area contributed by atoms with E-state index in [0.29, 0.717) is 38.0 Å². The Morgan fingerprint density at radius 1 is 1.16 bits per heavy atom. The van der Waals surface area contributed by atoms with Gasteiger partial charge in [-0.1, -0.05) is 24.3 Å². The first kappa shape index (κ1) is 19.8. The van der Waals surface area contributed by atoms with E-state index in [1.165, 1.54) is 0 Å². The first-order chi connectivity index (χ1) is 15.3.